The number of aliphatic hydroxyl groups excluding tert-OH is 1. The molecular weight excluding hydrogens is 274 g/mol. The summed E-state index contributed by atoms with van der Waals surface area (Å²) in [6.45, 7) is 6.06. The molecule has 1 aromatic rings. The molecule has 0 spiro atoms. The van der Waals surface area contributed by atoms with Crippen LogP contribution in [-0.2, 0) is 16.1 Å². The molecule has 1 unspecified atom stereocenters. The van der Waals surface area contributed by atoms with Crippen LogP contribution >= 0.6 is 0 Å². The lowest BCUT2D eigenvalue weighted by Gasteiger charge is -2.32. The number of esters is 1. The van der Waals surface area contributed by atoms with E-state index < -0.39 is 6.04 Å². The SMILES string of the molecule is CCOC(=O)C(c1cn(CCCO)nn1)N1CCNCC1. The van der Waals surface area contributed by atoms with E-state index in [2.05, 4.69) is 20.5 Å². The van der Waals surface area contributed by atoms with E-state index in [1.807, 2.05) is 0 Å². The van der Waals surface area contributed by atoms with Gasteiger partial charge < -0.3 is 15.2 Å². The maximum absolute atomic E-state index is 12.3. The first-order valence-electron chi connectivity index (χ1n) is 7.38. The second-order valence-electron chi connectivity index (χ2n) is 4.92. The first-order valence-corrected chi connectivity index (χ1v) is 7.38. The van der Waals surface area contributed by atoms with Crippen molar-refractivity contribution in [2.45, 2.75) is 25.9 Å². The maximum atomic E-state index is 12.3. The third-order valence-corrected chi connectivity index (χ3v) is 3.41. The molecule has 1 aliphatic heterocycles. The standard InChI is InChI=1S/C13H23N5O3/c1-2-21-13(20)12(17-7-4-14-5-8-17)11-10-18(16-15-11)6-3-9-19/h10,12,14,19H,2-9H2,1H3. The maximum Gasteiger partial charge on any atom is 0.329 e. The molecular formula is C13H23N5O3. The Labute approximate surface area is 124 Å². The number of rotatable bonds is 7. The lowest BCUT2D eigenvalue weighted by molar-refractivity contribution is -0.150. The zero-order valence-corrected chi connectivity index (χ0v) is 12.4. The van der Waals surface area contributed by atoms with Gasteiger partial charge in [-0.3, -0.25) is 9.58 Å². The third-order valence-electron chi connectivity index (χ3n) is 3.41. The Morgan fingerprint density at radius 3 is 2.95 bits per heavy atom. The van der Waals surface area contributed by atoms with Crippen molar-refractivity contribution < 1.29 is 14.6 Å². The lowest BCUT2D eigenvalue weighted by Crippen LogP contribution is -2.47. The summed E-state index contributed by atoms with van der Waals surface area (Å²) < 4.78 is 6.84. The Kier molecular flexibility index (Phi) is 6.09. The van der Waals surface area contributed by atoms with Gasteiger partial charge in [0.05, 0.1) is 12.8 Å². The number of nitrogens with zero attached hydrogens (tertiary/aromatic N) is 4. The first kappa shape index (κ1) is 15.9. The molecule has 1 aliphatic rings. The smallest absolute Gasteiger partial charge is 0.329 e. The highest BCUT2D eigenvalue weighted by Crippen LogP contribution is 2.20. The van der Waals surface area contributed by atoms with Crippen molar-refractivity contribution in [2.75, 3.05) is 39.4 Å². The van der Waals surface area contributed by atoms with Crippen LogP contribution in [0, 0.1) is 0 Å². The third kappa shape index (κ3) is 4.23. The summed E-state index contributed by atoms with van der Waals surface area (Å²) in [5, 5.41) is 20.3. The summed E-state index contributed by atoms with van der Waals surface area (Å²) in [4.78, 5) is 14.3. The monoisotopic (exact) mass is 297 g/mol. The number of hydrogen-bond donors (Lipinski definition) is 2. The van der Waals surface area contributed by atoms with Crippen molar-refractivity contribution in [2.24, 2.45) is 0 Å². The molecule has 2 N–H and O–H groups in total. The largest absolute Gasteiger partial charge is 0.465 e. The number of hydrogen-bond acceptors (Lipinski definition) is 7. The summed E-state index contributed by atoms with van der Waals surface area (Å²) in [6, 6.07) is -0.505. The fourth-order valence-electron chi connectivity index (χ4n) is 2.40. The number of carbonyl (C=O) groups excluding carboxylic acids is 1. The lowest BCUT2D eigenvalue weighted by atomic mass is 10.1. The number of piperazine rings is 1. The Morgan fingerprint density at radius 1 is 1.52 bits per heavy atom. The van der Waals surface area contributed by atoms with Crippen LogP contribution in [0.15, 0.2) is 6.20 Å². The molecule has 1 atom stereocenters. The predicted molar refractivity (Wildman–Crippen MR) is 75.5 cm³/mol. The first-order chi connectivity index (χ1) is 10.3. The Bertz CT molecular complexity index is 445. The highest BCUT2D eigenvalue weighted by Gasteiger charge is 2.32. The highest BCUT2D eigenvalue weighted by molar-refractivity contribution is 5.77. The van der Waals surface area contributed by atoms with Crippen molar-refractivity contribution in [3.8, 4) is 0 Å². The normalized spacial score (nSPS) is 17.6. The second kappa shape index (κ2) is 8.06. The number of nitrogens with one attached hydrogen (secondary N) is 1. The fraction of sp³-hybridized carbons (Fsp3) is 0.769. The van der Waals surface area contributed by atoms with E-state index in [4.69, 9.17) is 9.84 Å². The van der Waals surface area contributed by atoms with E-state index in [1.165, 1.54) is 0 Å². The Balaban J connectivity index is 2.13. The Hall–Kier alpha value is -1.51. The predicted octanol–water partition coefficient (Wildman–Crippen LogP) is -0.830. The van der Waals surface area contributed by atoms with Gasteiger partial charge in [0.25, 0.3) is 0 Å². The van der Waals surface area contributed by atoms with Gasteiger partial charge in [0.2, 0.25) is 0 Å². The van der Waals surface area contributed by atoms with Gasteiger partial charge in [0.1, 0.15) is 5.69 Å². The summed E-state index contributed by atoms with van der Waals surface area (Å²) in [5.41, 5.74) is 0.605. The number of aliphatic hydroxyl groups is 1. The molecule has 0 radical (unpaired) electrons. The second-order valence-corrected chi connectivity index (χ2v) is 4.92. The number of ether oxygens (including phenoxy) is 1. The quantitative estimate of drug-likeness (QED) is 0.635. The van der Waals surface area contributed by atoms with Crippen LogP contribution in [-0.4, -0.2) is 70.4 Å². The minimum absolute atomic E-state index is 0.105. The average molecular weight is 297 g/mol. The molecule has 8 nitrogen and oxygen atoms in total. The average Bonchev–Trinajstić information content (AvgIpc) is 2.95. The van der Waals surface area contributed by atoms with E-state index in [9.17, 15) is 4.79 Å². The van der Waals surface area contributed by atoms with E-state index in [0.29, 0.717) is 25.3 Å². The highest BCUT2D eigenvalue weighted by atomic mass is 16.5. The van der Waals surface area contributed by atoms with E-state index in [0.717, 1.165) is 26.2 Å². The van der Waals surface area contributed by atoms with E-state index in [1.54, 1.807) is 17.8 Å². The number of aryl methyl sites for hydroxylation is 1. The molecule has 0 saturated carbocycles. The van der Waals surface area contributed by atoms with Gasteiger partial charge in [-0.1, -0.05) is 5.21 Å². The minimum atomic E-state index is -0.505. The fourth-order valence-corrected chi connectivity index (χ4v) is 2.40. The summed E-state index contributed by atoms with van der Waals surface area (Å²) in [5.74, 6) is -0.284. The van der Waals surface area contributed by atoms with E-state index >= 15 is 0 Å². The molecule has 0 aromatic carbocycles. The molecule has 21 heavy (non-hydrogen) atoms. The van der Waals surface area contributed by atoms with Gasteiger partial charge >= 0.3 is 5.97 Å². The van der Waals surface area contributed by atoms with Gasteiger partial charge in [-0.05, 0) is 13.3 Å². The number of carbonyl (C=O) groups is 1. The van der Waals surface area contributed by atoms with Crippen molar-refractivity contribution in [1.29, 1.82) is 0 Å². The topological polar surface area (TPSA) is 92.5 Å². The molecule has 2 heterocycles. The molecule has 0 amide bonds. The van der Waals surface area contributed by atoms with Crippen LogP contribution in [0.4, 0.5) is 0 Å². The van der Waals surface area contributed by atoms with Crippen LogP contribution in [0.1, 0.15) is 25.1 Å². The number of aromatic nitrogens is 3. The van der Waals surface area contributed by atoms with Crippen molar-refractivity contribution in [3.63, 3.8) is 0 Å². The molecule has 0 bridgehead atoms. The van der Waals surface area contributed by atoms with Gasteiger partial charge in [0.15, 0.2) is 6.04 Å². The summed E-state index contributed by atoms with van der Waals surface area (Å²) in [6.07, 6.45) is 2.37. The molecule has 8 heteroatoms. The van der Waals surface area contributed by atoms with Crippen LogP contribution in [0.3, 0.4) is 0 Å². The van der Waals surface area contributed by atoms with E-state index in [-0.39, 0.29) is 12.6 Å². The van der Waals surface area contributed by atoms with Crippen molar-refractivity contribution >= 4 is 5.97 Å². The molecule has 118 valence electrons. The molecule has 1 fully saturated rings. The van der Waals surface area contributed by atoms with Crippen LogP contribution < -0.4 is 5.32 Å². The molecule has 1 aromatic heterocycles. The van der Waals surface area contributed by atoms with Gasteiger partial charge in [-0.15, -0.1) is 5.10 Å². The van der Waals surface area contributed by atoms with Crippen molar-refractivity contribution in [3.05, 3.63) is 11.9 Å². The van der Waals surface area contributed by atoms with Gasteiger partial charge in [0, 0.05) is 39.3 Å². The van der Waals surface area contributed by atoms with Gasteiger partial charge in [-0.2, -0.15) is 0 Å². The van der Waals surface area contributed by atoms with Crippen LogP contribution in [0.2, 0.25) is 0 Å². The van der Waals surface area contributed by atoms with Gasteiger partial charge in [-0.25, -0.2) is 4.79 Å². The molecule has 2 rings (SSSR count). The van der Waals surface area contributed by atoms with Crippen molar-refractivity contribution in [1.82, 2.24) is 25.2 Å². The summed E-state index contributed by atoms with van der Waals surface area (Å²) >= 11 is 0. The molecule has 1 saturated heterocycles. The van der Waals surface area contributed by atoms with Crippen LogP contribution in [0.5, 0.6) is 0 Å². The Morgan fingerprint density at radius 2 is 2.29 bits per heavy atom. The van der Waals surface area contributed by atoms with Crippen LogP contribution in [0.25, 0.3) is 0 Å². The zero-order chi connectivity index (χ0) is 15.1. The molecule has 0 aliphatic carbocycles. The zero-order valence-electron chi connectivity index (χ0n) is 12.4. The summed E-state index contributed by atoms with van der Waals surface area (Å²) in [7, 11) is 0. The minimum Gasteiger partial charge on any atom is -0.465 e.